The molecule has 1 aliphatic rings. The van der Waals surface area contributed by atoms with E-state index >= 15 is 0 Å². The first-order valence-electron chi connectivity index (χ1n) is 12.5. The number of carbonyl (C=O) groups is 1. The first-order chi connectivity index (χ1) is 19.0. The van der Waals surface area contributed by atoms with Crippen LogP contribution >= 0.6 is 11.6 Å². The molecule has 0 aromatic carbocycles. The molecule has 0 atom stereocenters. The smallest absolute Gasteiger partial charge is 0.410 e. The molecule has 3 rings (SSSR count). The van der Waals surface area contributed by atoms with E-state index < -0.39 is 47.2 Å². The number of alkyl halides is 5. The van der Waals surface area contributed by atoms with Crippen molar-refractivity contribution in [2.45, 2.75) is 83.9 Å². The summed E-state index contributed by atoms with van der Waals surface area (Å²) in [6, 6.07) is 0.900. The second-order valence-corrected chi connectivity index (χ2v) is 10.7. The number of nitrogens with zero attached hydrogens (tertiary/aromatic N) is 3. The zero-order valence-electron chi connectivity index (χ0n) is 22.6. The SMILES string of the molecule is CCn1nc(C(=O)NCC2(O)CCC(C)CC2)c(Cl)c1-c1cnc(NC(C)(C)C(F)(F)F)cc1OC(F)F.O=S=O. The van der Waals surface area contributed by atoms with Gasteiger partial charge in [0.2, 0.25) is 0 Å². The molecular weight excluding hydrogens is 601 g/mol. The number of ether oxygens (including phenoxy) is 1. The van der Waals surface area contributed by atoms with Crippen LogP contribution in [-0.2, 0) is 18.1 Å². The number of pyridine rings is 1. The highest BCUT2D eigenvalue weighted by Crippen LogP contribution is 2.40. The molecule has 1 amide bonds. The Kier molecular flexibility index (Phi) is 11.6. The van der Waals surface area contributed by atoms with E-state index in [1.54, 1.807) is 6.92 Å². The van der Waals surface area contributed by atoms with Crippen LogP contribution in [0.3, 0.4) is 0 Å². The van der Waals surface area contributed by atoms with Gasteiger partial charge in [0.1, 0.15) is 17.1 Å². The second-order valence-electron chi connectivity index (χ2n) is 10.2. The van der Waals surface area contributed by atoms with Crippen molar-refractivity contribution < 1.29 is 45.0 Å². The molecule has 2 heterocycles. The fraction of sp³-hybridized carbons (Fsp3) is 0.625. The third kappa shape index (κ3) is 8.82. The predicted octanol–water partition coefficient (Wildman–Crippen LogP) is 4.97. The normalized spacial score (nSPS) is 19.3. The fourth-order valence-corrected chi connectivity index (χ4v) is 4.47. The van der Waals surface area contributed by atoms with E-state index in [0.29, 0.717) is 18.8 Å². The molecule has 0 unspecified atom stereocenters. The van der Waals surface area contributed by atoms with Crippen LogP contribution in [0.1, 0.15) is 63.9 Å². The van der Waals surface area contributed by atoms with E-state index in [1.165, 1.54) is 4.68 Å². The molecule has 10 nitrogen and oxygen atoms in total. The number of amides is 1. The summed E-state index contributed by atoms with van der Waals surface area (Å²) < 4.78 is 88.8. The maximum atomic E-state index is 13.3. The summed E-state index contributed by atoms with van der Waals surface area (Å²) in [6.45, 7) is 2.35. The second kappa shape index (κ2) is 13.9. The van der Waals surface area contributed by atoms with Crippen molar-refractivity contribution in [2.24, 2.45) is 5.92 Å². The molecule has 0 saturated heterocycles. The minimum atomic E-state index is -4.66. The number of halogens is 6. The highest BCUT2D eigenvalue weighted by Gasteiger charge is 2.47. The summed E-state index contributed by atoms with van der Waals surface area (Å²) in [6.07, 6.45) is -0.925. The maximum absolute atomic E-state index is 13.3. The largest absolute Gasteiger partial charge is 0.434 e. The van der Waals surface area contributed by atoms with Gasteiger partial charge in [-0.1, -0.05) is 18.5 Å². The van der Waals surface area contributed by atoms with Crippen LogP contribution in [0.2, 0.25) is 5.02 Å². The fourth-order valence-electron chi connectivity index (χ4n) is 4.14. The third-order valence-electron chi connectivity index (χ3n) is 6.68. The summed E-state index contributed by atoms with van der Waals surface area (Å²) in [4.78, 5) is 16.9. The van der Waals surface area contributed by atoms with Gasteiger partial charge in [-0.3, -0.25) is 9.48 Å². The summed E-state index contributed by atoms with van der Waals surface area (Å²) in [7, 11) is 0. The van der Waals surface area contributed by atoms with Gasteiger partial charge in [-0.25, -0.2) is 4.98 Å². The lowest BCUT2D eigenvalue weighted by molar-refractivity contribution is -0.168. The molecule has 1 saturated carbocycles. The lowest BCUT2D eigenvalue weighted by atomic mass is 9.79. The predicted molar refractivity (Wildman–Crippen MR) is 140 cm³/mol. The zero-order chi connectivity index (χ0) is 31.2. The lowest BCUT2D eigenvalue weighted by Crippen LogP contribution is -2.46. The molecule has 0 spiro atoms. The number of anilines is 1. The topological polar surface area (TPSA) is 135 Å². The van der Waals surface area contributed by atoms with Crippen LogP contribution in [-0.4, -0.2) is 64.7 Å². The van der Waals surface area contributed by atoms with Crippen molar-refractivity contribution >= 4 is 34.9 Å². The van der Waals surface area contributed by atoms with Crippen LogP contribution in [0, 0.1) is 5.92 Å². The average molecular weight is 632 g/mol. The number of aliphatic hydroxyl groups is 1. The lowest BCUT2D eigenvalue weighted by Gasteiger charge is -2.34. The van der Waals surface area contributed by atoms with Gasteiger partial charge in [0.25, 0.3) is 5.91 Å². The van der Waals surface area contributed by atoms with Gasteiger partial charge in [-0.2, -0.15) is 35.5 Å². The Morgan fingerprint density at radius 2 is 1.88 bits per heavy atom. The van der Waals surface area contributed by atoms with Gasteiger partial charge in [-0.05, 0) is 52.4 Å². The Hall–Kier alpha value is -2.85. The van der Waals surface area contributed by atoms with Crippen molar-refractivity contribution in [2.75, 3.05) is 11.9 Å². The van der Waals surface area contributed by atoms with Crippen LogP contribution in [0.5, 0.6) is 5.75 Å². The molecule has 1 fully saturated rings. The number of aromatic nitrogens is 3. The number of hydrogen-bond donors (Lipinski definition) is 3. The molecule has 0 radical (unpaired) electrons. The van der Waals surface area contributed by atoms with Crippen molar-refractivity contribution in [3.63, 3.8) is 0 Å². The first kappa shape index (κ1) is 34.4. The minimum absolute atomic E-state index is 0.0140. The molecule has 0 bridgehead atoms. The van der Waals surface area contributed by atoms with E-state index in [-0.39, 0.29) is 40.9 Å². The standard InChI is InChI=1S/C24H31ClF5N5O3.O2S/c1-5-35-19(17(25)18(34-35)20(36)32-12-23(37)8-6-13(2)7-9-23)14-11-31-16(10-15(14)38-21(26)27)33-22(3,4)24(28,29)30;1-3-2/h10-11,13,21,37H,5-9,12H2,1-4H3,(H,31,33)(H,32,36);. The van der Waals surface area contributed by atoms with Gasteiger partial charge in [0.15, 0.2) is 5.69 Å². The quantitative estimate of drug-likeness (QED) is 0.330. The van der Waals surface area contributed by atoms with Crippen molar-refractivity contribution in [3.8, 4) is 17.0 Å². The van der Waals surface area contributed by atoms with Crippen LogP contribution in [0.15, 0.2) is 12.3 Å². The van der Waals surface area contributed by atoms with Gasteiger partial charge < -0.3 is 20.5 Å². The van der Waals surface area contributed by atoms with E-state index in [4.69, 9.17) is 20.0 Å². The van der Waals surface area contributed by atoms with E-state index in [9.17, 15) is 31.9 Å². The van der Waals surface area contributed by atoms with E-state index in [2.05, 4.69) is 32.4 Å². The molecule has 1 aliphatic carbocycles. The highest BCUT2D eigenvalue weighted by atomic mass is 35.5. The monoisotopic (exact) mass is 631 g/mol. The third-order valence-corrected chi connectivity index (χ3v) is 7.04. The van der Waals surface area contributed by atoms with Gasteiger partial charge in [-0.15, -0.1) is 0 Å². The molecule has 41 heavy (non-hydrogen) atoms. The van der Waals surface area contributed by atoms with Crippen molar-refractivity contribution in [3.05, 3.63) is 23.0 Å². The zero-order valence-corrected chi connectivity index (χ0v) is 24.2. The van der Waals surface area contributed by atoms with Crippen LogP contribution in [0.4, 0.5) is 27.8 Å². The Bertz CT molecular complexity index is 1250. The molecule has 2 aromatic rings. The molecule has 2 aromatic heterocycles. The maximum Gasteiger partial charge on any atom is 0.410 e. The van der Waals surface area contributed by atoms with Gasteiger partial charge in [0, 0.05) is 25.4 Å². The van der Waals surface area contributed by atoms with E-state index in [1.807, 2.05) is 0 Å². The van der Waals surface area contributed by atoms with Crippen LogP contribution < -0.4 is 15.4 Å². The van der Waals surface area contributed by atoms with Gasteiger partial charge in [0.05, 0.1) is 21.9 Å². The molecular formula is C24H31ClF5N5O5S. The number of aryl methyl sites for hydroxylation is 1. The molecule has 0 aliphatic heterocycles. The summed E-state index contributed by atoms with van der Waals surface area (Å²) >= 11 is 5.74. The van der Waals surface area contributed by atoms with Crippen molar-refractivity contribution in [1.82, 2.24) is 20.1 Å². The minimum Gasteiger partial charge on any atom is -0.434 e. The Morgan fingerprint density at radius 3 is 2.39 bits per heavy atom. The average Bonchev–Trinajstić information content (AvgIpc) is 3.20. The first-order valence-corrected chi connectivity index (χ1v) is 13.5. The van der Waals surface area contributed by atoms with Crippen molar-refractivity contribution in [1.29, 1.82) is 0 Å². The number of carbonyl (C=O) groups excluding carboxylic acids is 1. The number of nitrogens with one attached hydrogen (secondary N) is 2. The Morgan fingerprint density at radius 1 is 1.29 bits per heavy atom. The summed E-state index contributed by atoms with van der Waals surface area (Å²) in [5.74, 6) is -1.06. The van der Waals surface area contributed by atoms with Gasteiger partial charge >= 0.3 is 24.4 Å². The highest BCUT2D eigenvalue weighted by molar-refractivity contribution is 7.51. The molecule has 230 valence electrons. The Balaban J connectivity index is 0.00000187. The number of hydrogen-bond acceptors (Lipinski definition) is 8. The molecule has 3 N–H and O–H groups in total. The molecule has 17 heteroatoms. The summed E-state index contributed by atoms with van der Waals surface area (Å²) in [5.41, 5.74) is -3.76. The van der Waals surface area contributed by atoms with Crippen LogP contribution in [0.25, 0.3) is 11.3 Å². The number of rotatable bonds is 9. The summed E-state index contributed by atoms with van der Waals surface area (Å²) in [5, 5.41) is 19.6. The van der Waals surface area contributed by atoms with E-state index in [0.717, 1.165) is 39.0 Å². The Labute approximate surface area is 241 Å².